The van der Waals surface area contributed by atoms with Crippen LogP contribution >= 0.6 is 0 Å². The van der Waals surface area contributed by atoms with E-state index in [9.17, 15) is 0 Å². The lowest BCUT2D eigenvalue weighted by atomic mass is 9.98. The molecule has 2 heterocycles. The molecule has 2 N–H and O–H groups in total. The van der Waals surface area contributed by atoms with Crippen LogP contribution in [0.1, 0.15) is 23.7 Å². The molecule has 0 atom stereocenters. The minimum Gasteiger partial charge on any atom is -0.380 e. The summed E-state index contributed by atoms with van der Waals surface area (Å²) in [6.07, 6.45) is 0.973. The Morgan fingerprint density at radius 2 is 1.72 bits per heavy atom. The molecule has 6 nitrogen and oxygen atoms in total. The third kappa shape index (κ3) is 3.83. The van der Waals surface area contributed by atoms with Crippen LogP contribution in [0.15, 0.2) is 72.8 Å². The fourth-order valence-corrected chi connectivity index (χ4v) is 4.08. The van der Waals surface area contributed by atoms with Gasteiger partial charge in [-0.3, -0.25) is 4.98 Å². The highest BCUT2D eigenvalue weighted by Gasteiger charge is 2.10. The van der Waals surface area contributed by atoms with Crippen molar-refractivity contribution in [3.8, 4) is 22.5 Å². The largest absolute Gasteiger partial charge is 0.380 e. The SMILES string of the molecule is CCc1cccc2c(NCc3ccc(-c4ccccc4-c4nnn[nH]4)cc3)cc(C)nc12. The van der Waals surface area contributed by atoms with Gasteiger partial charge in [0.25, 0.3) is 0 Å². The maximum absolute atomic E-state index is 4.78. The van der Waals surface area contributed by atoms with Crippen molar-refractivity contribution in [3.05, 3.63) is 89.6 Å². The molecule has 158 valence electrons. The van der Waals surface area contributed by atoms with Gasteiger partial charge in [-0.1, -0.05) is 73.7 Å². The highest BCUT2D eigenvalue weighted by atomic mass is 15.5. The van der Waals surface area contributed by atoms with Crippen molar-refractivity contribution in [2.24, 2.45) is 0 Å². The molecule has 32 heavy (non-hydrogen) atoms. The van der Waals surface area contributed by atoms with Gasteiger partial charge in [-0.2, -0.15) is 0 Å². The third-order valence-electron chi connectivity index (χ3n) is 5.71. The smallest absolute Gasteiger partial charge is 0.180 e. The molecule has 3 aromatic carbocycles. The van der Waals surface area contributed by atoms with Crippen molar-refractivity contribution < 1.29 is 0 Å². The molecule has 0 spiro atoms. The van der Waals surface area contributed by atoms with Crippen LogP contribution in [-0.4, -0.2) is 25.6 Å². The van der Waals surface area contributed by atoms with Gasteiger partial charge in [0, 0.05) is 28.9 Å². The zero-order valence-electron chi connectivity index (χ0n) is 18.1. The number of nitrogens with one attached hydrogen (secondary N) is 2. The van der Waals surface area contributed by atoms with Crippen LogP contribution in [0.3, 0.4) is 0 Å². The summed E-state index contributed by atoms with van der Waals surface area (Å²) in [5.41, 5.74) is 8.91. The molecule has 0 saturated carbocycles. The Balaban J connectivity index is 1.39. The number of H-pyrrole nitrogens is 1. The van der Waals surface area contributed by atoms with Gasteiger partial charge in [0.2, 0.25) is 0 Å². The summed E-state index contributed by atoms with van der Waals surface area (Å²) in [7, 11) is 0. The average molecular weight is 421 g/mol. The molecular formula is C26H24N6. The first-order chi connectivity index (χ1) is 15.7. The molecule has 2 aromatic heterocycles. The molecule has 0 saturated heterocycles. The van der Waals surface area contributed by atoms with Crippen molar-refractivity contribution in [3.63, 3.8) is 0 Å². The minimum absolute atomic E-state index is 0.665. The third-order valence-corrected chi connectivity index (χ3v) is 5.71. The molecule has 5 rings (SSSR count). The molecule has 0 fully saturated rings. The van der Waals surface area contributed by atoms with E-state index >= 15 is 0 Å². The number of pyridine rings is 1. The summed E-state index contributed by atoms with van der Waals surface area (Å²) in [5, 5.41) is 19.1. The van der Waals surface area contributed by atoms with E-state index in [1.165, 1.54) is 16.5 Å². The normalized spacial score (nSPS) is 11.1. The summed E-state index contributed by atoms with van der Waals surface area (Å²) in [4.78, 5) is 4.78. The average Bonchev–Trinajstić information content (AvgIpc) is 3.37. The monoisotopic (exact) mass is 420 g/mol. The van der Waals surface area contributed by atoms with Crippen molar-refractivity contribution in [1.29, 1.82) is 0 Å². The molecule has 0 aliphatic heterocycles. The maximum atomic E-state index is 4.78. The van der Waals surface area contributed by atoms with E-state index in [2.05, 4.69) is 87.5 Å². The van der Waals surface area contributed by atoms with Gasteiger partial charge in [0.15, 0.2) is 5.82 Å². The van der Waals surface area contributed by atoms with E-state index < -0.39 is 0 Å². The van der Waals surface area contributed by atoms with Crippen LogP contribution in [0.2, 0.25) is 0 Å². The Kier molecular flexibility index (Phi) is 5.34. The second-order valence-corrected chi connectivity index (χ2v) is 7.82. The minimum atomic E-state index is 0.665. The van der Waals surface area contributed by atoms with Crippen LogP contribution in [0.5, 0.6) is 0 Å². The number of hydrogen-bond donors (Lipinski definition) is 2. The number of hydrogen-bond acceptors (Lipinski definition) is 5. The first kappa shape index (κ1) is 19.9. The first-order valence-electron chi connectivity index (χ1n) is 10.8. The molecular weight excluding hydrogens is 396 g/mol. The van der Waals surface area contributed by atoms with Crippen LogP contribution in [0.25, 0.3) is 33.4 Å². The Labute approximate surface area is 186 Å². The number of para-hydroxylation sites is 1. The maximum Gasteiger partial charge on any atom is 0.180 e. The highest BCUT2D eigenvalue weighted by Crippen LogP contribution is 2.30. The summed E-state index contributed by atoms with van der Waals surface area (Å²) in [6.45, 7) is 4.96. The van der Waals surface area contributed by atoms with Crippen molar-refractivity contribution in [2.75, 3.05) is 5.32 Å². The topological polar surface area (TPSA) is 79.4 Å². The van der Waals surface area contributed by atoms with E-state index in [4.69, 9.17) is 4.98 Å². The Bertz CT molecular complexity index is 1360. The van der Waals surface area contributed by atoms with Crippen molar-refractivity contribution in [2.45, 2.75) is 26.8 Å². The van der Waals surface area contributed by atoms with E-state index in [0.29, 0.717) is 5.82 Å². The van der Waals surface area contributed by atoms with Crippen molar-refractivity contribution in [1.82, 2.24) is 25.6 Å². The number of fused-ring (bicyclic) bond motifs is 1. The fourth-order valence-electron chi connectivity index (χ4n) is 4.08. The van der Waals surface area contributed by atoms with E-state index in [0.717, 1.165) is 46.6 Å². The Morgan fingerprint density at radius 3 is 2.47 bits per heavy atom. The molecule has 0 amide bonds. The summed E-state index contributed by atoms with van der Waals surface area (Å²) < 4.78 is 0. The number of aromatic nitrogens is 5. The standard InChI is InChI=1S/C26H24N6/c1-3-19-7-6-10-23-24(15-17(2)28-25(19)23)27-16-18-11-13-20(14-12-18)21-8-4-5-9-22(21)26-29-31-32-30-26/h4-15H,3,16H2,1-2H3,(H,27,28)(H,29,30,31,32). The van der Waals surface area contributed by atoms with Gasteiger partial charge in [-0.05, 0) is 52.1 Å². The lowest BCUT2D eigenvalue weighted by Crippen LogP contribution is -2.02. The van der Waals surface area contributed by atoms with E-state index in [1.54, 1.807) is 0 Å². The van der Waals surface area contributed by atoms with Crippen LogP contribution in [0.4, 0.5) is 5.69 Å². The van der Waals surface area contributed by atoms with Gasteiger partial charge >= 0.3 is 0 Å². The second-order valence-electron chi connectivity index (χ2n) is 7.82. The number of aromatic amines is 1. The lowest BCUT2D eigenvalue weighted by molar-refractivity contribution is 0.881. The fraction of sp³-hybridized carbons (Fsp3) is 0.154. The van der Waals surface area contributed by atoms with Crippen LogP contribution < -0.4 is 5.32 Å². The van der Waals surface area contributed by atoms with Gasteiger partial charge in [-0.25, -0.2) is 5.10 Å². The van der Waals surface area contributed by atoms with Gasteiger partial charge in [0.05, 0.1) is 5.52 Å². The number of rotatable bonds is 6. The molecule has 6 heteroatoms. The number of nitrogens with zero attached hydrogens (tertiary/aromatic N) is 4. The molecule has 5 aromatic rings. The van der Waals surface area contributed by atoms with E-state index in [1.807, 2.05) is 25.1 Å². The van der Waals surface area contributed by atoms with Crippen LogP contribution in [-0.2, 0) is 13.0 Å². The quantitative estimate of drug-likeness (QED) is 0.376. The summed E-state index contributed by atoms with van der Waals surface area (Å²) in [5.74, 6) is 0.665. The number of anilines is 1. The van der Waals surface area contributed by atoms with Gasteiger partial charge < -0.3 is 5.32 Å². The summed E-state index contributed by atoms with van der Waals surface area (Å²) >= 11 is 0. The number of tetrazole rings is 1. The van der Waals surface area contributed by atoms with Gasteiger partial charge in [0.1, 0.15) is 0 Å². The van der Waals surface area contributed by atoms with Gasteiger partial charge in [-0.15, -0.1) is 5.10 Å². The zero-order chi connectivity index (χ0) is 21.9. The highest BCUT2D eigenvalue weighted by molar-refractivity contribution is 5.93. The zero-order valence-corrected chi connectivity index (χ0v) is 18.1. The van der Waals surface area contributed by atoms with E-state index in [-0.39, 0.29) is 0 Å². The molecule has 0 unspecified atom stereocenters. The molecule has 0 aliphatic rings. The Morgan fingerprint density at radius 1 is 0.906 bits per heavy atom. The second kappa shape index (κ2) is 8.59. The molecule has 0 aliphatic carbocycles. The predicted octanol–water partition coefficient (Wildman–Crippen LogP) is 5.56. The number of aryl methyl sites for hydroxylation is 2. The molecule has 0 bridgehead atoms. The summed E-state index contributed by atoms with van der Waals surface area (Å²) in [6, 6.07) is 25.3. The first-order valence-corrected chi connectivity index (χ1v) is 10.8. The van der Waals surface area contributed by atoms with Crippen molar-refractivity contribution >= 4 is 16.6 Å². The Hall–Kier alpha value is -4.06. The molecule has 0 radical (unpaired) electrons. The number of benzene rings is 3. The predicted molar refractivity (Wildman–Crippen MR) is 128 cm³/mol. The van der Waals surface area contributed by atoms with Crippen LogP contribution in [0, 0.1) is 6.92 Å². The lowest BCUT2D eigenvalue weighted by Gasteiger charge is -2.13.